The standard InChI is InChI=1S/C46H86O12S/c1-3-5-7-9-11-13-14-15-16-17-18-19-20-21-22-23-24-25-26-27-29-30-32-34-41(47)55-36-39(57-42(48)35-33-31-28-12-10-8-6-4-2)37-56-46-45(51)44(50)43(49)40(58-46)38-59(52,53)54/h27,29,39-40,43-46,49-51H,3-26,28,30-38H2,1-2H3,(H,52,53,54)/b29-27+/t39-,40-,43-,44?,45?,46+/m1/s1. The molecule has 12 nitrogen and oxygen atoms in total. The number of carbonyl (C=O) groups excluding carboxylic acids is 2. The molecule has 4 N–H and O–H groups in total. The van der Waals surface area contributed by atoms with Crippen LogP contribution in [0.15, 0.2) is 12.2 Å². The molecule has 1 saturated heterocycles. The molecule has 0 aromatic heterocycles. The van der Waals surface area contributed by atoms with Crippen LogP contribution in [0.4, 0.5) is 0 Å². The second kappa shape index (κ2) is 37.0. The third kappa shape index (κ3) is 31.8. The average molecular weight is 863 g/mol. The second-order valence-electron chi connectivity index (χ2n) is 16.8. The third-order valence-electron chi connectivity index (χ3n) is 11.1. The number of esters is 2. The molecule has 2 unspecified atom stereocenters. The zero-order valence-corrected chi connectivity index (χ0v) is 37.9. The lowest BCUT2D eigenvalue weighted by Gasteiger charge is -2.40. The van der Waals surface area contributed by atoms with E-state index in [4.69, 9.17) is 18.9 Å². The third-order valence-corrected chi connectivity index (χ3v) is 11.8. The SMILES string of the molecule is CCCCCCCCCCCCCCCCCCCC/C=C/CCCC(=O)OC[C@H](CO[C@H]1O[C@H](CS(=O)(=O)O)[C@@H](O)C(O)C1O)OC(=O)CCCCCCCCCC. The molecule has 1 heterocycles. The highest BCUT2D eigenvalue weighted by Crippen LogP contribution is 2.24. The quantitative estimate of drug-likeness (QED) is 0.0198. The van der Waals surface area contributed by atoms with E-state index in [2.05, 4.69) is 26.0 Å². The first kappa shape index (κ1) is 55.4. The summed E-state index contributed by atoms with van der Waals surface area (Å²) < 4.78 is 53.9. The van der Waals surface area contributed by atoms with Gasteiger partial charge in [-0.15, -0.1) is 0 Å². The van der Waals surface area contributed by atoms with Crippen LogP contribution in [0.5, 0.6) is 0 Å². The molecule has 0 aromatic rings. The molecule has 13 heteroatoms. The van der Waals surface area contributed by atoms with Crippen molar-refractivity contribution >= 4 is 22.1 Å². The monoisotopic (exact) mass is 863 g/mol. The van der Waals surface area contributed by atoms with Crippen molar-refractivity contribution in [2.45, 2.75) is 250 Å². The maximum absolute atomic E-state index is 12.7. The highest BCUT2D eigenvalue weighted by molar-refractivity contribution is 7.85. The summed E-state index contributed by atoms with van der Waals surface area (Å²) in [5.74, 6) is -2.02. The summed E-state index contributed by atoms with van der Waals surface area (Å²) in [6.45, 7) is 3.71. The summed E-state index contributed by atoms with van der Waals surface area (Å²) in [5, 5.41) is 30.8. The van der Waals surface area contributed by atoms with Crippen LogP contribution in [0.25, 0.3) is 0 Å². The largest absolute Gasteiger partial charge is 0.462 e. The van der Waals surface area contributed by atoms with Crippen LogP contribution in [0.2, 0.25) is 0 Å². The first-order valence-electron chi connectivity index (χ1n) is 23.7. The Bertz CT molecular complexity index is 1150. The Morgan fingerprint density at radius 1 is 0.559 bits per heavy atom. The molecular weight excluding hydrogens is 777 g/mol. The lowest BCUT2D eigenvalue weighted by Crippen LogP contribution is -2.60. The van der Waals surface area contributed by atoms with E-state index < -0.39 is 71.2 Å². The van der Waals surface area contributed by atoms with Gasteiger partial charge in [0.05, 0.1) is 6.61 Å². The number of carbonyl (C=O) groups is 2. The first-order valence-corrected chi connectivity index (χ1v) is 25.4. The van der Waals surface area contributed by atoms with Crippen LogP contribution in [-0.4, -0.2) is 96.0 Å². The predicted molar refractivity (Wildman–Crippen MR) is 234 cm³/mol. The topological polar surface area (TPSA) is 186 Å². The number of aliphatic hydroxyl groups is 3. The minimum Gasteiger partial charge on any atom is -0.462 e. The number of hydrogen-bond donors (Lipinski definition) is 4. The molecule has 0 saturated carbocycles. The van der Waals surface area contributed by atoms with E-state index in [1.807, 2.05) is 0 Å². The summed E-state index contributed by atoms with van der Waals surface area (Å²) in [6.07, 6.45) is 30.2. The molecule has 1 aliphatic heterocycles. The van der Waals surface area contributed by atoms with E-state index in [9.17, 15) is 37.9 Å². The molecule has 1 rings (SSSR count). The number of ether oxygens (including phenoxy) is 4. The Labute approximate surface area is 358 Å². The summed E-state index contributed by atoms with van der Waals surface area (Å²) >= 11 is 0. The van der Waals surface area contributed by atoms with Gasteiger partial charge in [0, 0.05) is 12.8 Å². The highest BCUT2D eigenvalue weighted by Gasteiger charge is 2.46. The van der Waals surface area contributed by atoms with Gasteiger partial charge in [-0.1, -0.05) is 180 Å². The fourth-order valence-corrected chi connectivity index (χ4v) is 8.08. The highest BCUT2D eigenvalue weighted by atomic mass is 32.2. The van der Waals surface area contributed by atoms with Crippen LogP contribution >= 0.6 is 0 Å². The summed E-state index contributed by atoms with van der Waals surface area (Å²) in [7, 11) is -4.60. The van der Waals surface area contributed by atoms with Gasteiger partial charge in [-0.05, 0) is 32.1 Å². The molecule has 0 aromatic carbocycles. The van der Waals surface area contributed by atoms with E-state index in [1.165, 1.54) is 141 Å². The summed E-state index contributed by atoms with van der Waals surface area (Å²) in [6, 6.07) is 0. The average Bonchev–Trinajstić information content (AvgIpc) is 3.20. The molecule has 0 bridgehead atoms. The number of unbranched alkanes of at least 4 members (excludes halogenated alkanes) is 26. The van der Waals surface area contributed by atoms with E-state index in [1.54, 1.807) is 0 Å². The van der Waals surface area contributed by atoms with Crippen molar-refractivity contribution in [2.75, 3.05) is 19.0 Å². The van der Waals surface area contributed by atoms with Gasteiger partial charge in [0.1, 0.15) is 36.8 Å². The molecule has 1 fully saturated rings. The van der Waals surface area contributed by atoms with Gasteiger partial charge < -0.3 is 34.3 Å². The van der Waals surface area contributed by atoms with E-state index in [-0.39, 0.29) is 19.4 Å². The fourth-order valence-electron chi connectivity index (χ4n) is 7.39. The molecule has 0 spiro atoms. The van der Waals surface area contributed by atoms with Crippen molar-refractivity contribution in [3.63, 3.8) is 0 Å². The normalized spacial score (nSPS) is 20.3. The maximum atomic E-state index is 12.7. The molecule has 59 heavy (non-hydrogen) atoms. The van der Waals surface area contributed by atoms with Gasteiger partial charge in [0.15, 0.2) is 12.4 Å². The summed E-state index contributed by atoms with van der Waals surface area (Å²) in [4.78, 5) is 25.3. The lowest BCUT2D eigenvalue weighted by molar-refractivity contribution is -0.297. The van der Waals surface area contributed by atoms with Crippen LogP contribution in [0.1, 0.15) is 213 Å². The van der Waals surface area contributed by atoms with Crippen LogP contribution < -0.4 is 0 Å². The molecule has 0 amide bonds. The molecule has 6 atom stereocenters. The van der Waals surface area contributed by atoms with E-state index in [0.29, 0.717) is 12.8 Å². The molecule has 348 valence electrons. The van der Waals surface area contributed by atoms with Crippen molar-refractivity contribution in [1.82, 2.24) is 0 Å². The number of aliphatic hydroxyl groups excluding tert-OH is 3. The molecule has 1 aliphatic rings. The smallest absolute Gasteiger partial charge is 0.306 e. The first-order chi connectivity index (χ1) is 28.5. The van der Waals surface area contributed by atoms with Crippen LogP contribution in [-0.2, 0) is 38.7 Å². The van der Waals surface area contributed by atoms with Crippen molar-refractivity contribution in [2.24, 2.45) is 0 Å². The summed E-state index contributed by atoms with van der Waals surface area (Å²) in [5.41, 5.74) is 0. The fraction of sp³-hybridized carbons (Fsp3) is 0.913. The Hall–Kier alpha value is -1.61. The molecular formula is C46H86O12S. The predicted octanol–water partition coefficient (Wildman–Crippen LogP) is 9.84. The van der Waals surface area contributed by atoms with Crippen molar-refractivity contribution in [1.29, 1.82) is 0 Å². The van der Waals surface area contributed by atoms with Crippen molar-refractivity contribution < 1.29 is 56.8 Å². The Balaban J connectivity index is 2.30. The minimum absolute atomic E-state index is 0.162. The number of allylic oxidation sites excluding steroid dienone is 2. The zero-order chi connectivity index (χ0) is 43.4. The van der Waals surface area contributed by atoms with Crippen LogP contribution in [0.3, 0.4) is 0 Å². The Morgan fingerprint density at radius 3 is 1.46 bits per heavy atom. The van der Waals surface area contributed by atoms with Gasteiger partial charge in [-0.2, -0.15) is 8.42 Å². The Morgan fingerprint density at radius 2 is 0.983 bits per heavy atom. The van der Waals surface area contributed by atoms with Crippen molar-refractivity contribution in [3.8, 4) is 0 Å². The van der Waals surface area contributed by atoms with E-state index >= 15 is 0 Å². The van der Waals surface area contributed by atoms with Gasteiger partial charge in [-0.3, -0.25) is 14.1 Å². The van der Waals surface area contributed by atoms with Gasteiger partial charge in [0.25, 0.3) is 10.1 Å². The maximum Gasteiger partial charge on any atom is 0.306 e. The minimum atomic E-state index is -4.60. The van der Waals surface area contributed by atoms with Crippen molar-refractivity contribution in [3.05, 3.63) is 12.2 Å². The van der Waals surface area contributed by atoms with E-state index in [0.717, 1.165) is 32.1 Å². The van der Waals surface area contributed by atoms with Gasteiger partial charge in [0.2, 0.25) is 0 Å². The number of rotatable bonds is 40. The lowest BCUT2D eigenvalue weighted by atomic mass is 10.00. The van der Waals surface area contributed by atoms with Gasteiger partial charge >= 0.3 is 11.9 Å². The second-order valence-corrected chi connectivity index (χ2v) is 18.3. The van der Waals surface area contributed by atoms with Gasteiger partial charge in [-0.25, -0.2) is 0 Å². The number of hydrogen-bond acceptors (Lipinski definition) is 11. The molecule has 0 aliphatic carbocycles. The molecule has 0 radical (unpaired) electrons. The van der Waals surface area contributed by atoms with Crippen LogP contribution in [0, 0.1) is 0 Å². The Kier molecular flexibility index (Phi) is 34.7. The zero-order valence-electron chi connectivity index (χ0n) is 37.1.